The van der Waals surface area contributed by atoms with Gasteiger partial charge in [0, 0.05) is 44.1 Å². The molecule has 7 nitrogen and oxygen atoms in total. The Morgan fingerprint density at radius 1 is 1.33 bits per heavy atom. The summed E-state index contributed by atoms with van der Waals surface area (Å²) < 4.78 is 5.73. The first-order chi connectivity index (χ1) is 11.7. The molecule has 2 aliphatic heterocycles. The Hall–Kier alpha value is -2.15. The standard InChI is InChI=1S/C17H22N6O/c1-24-17-7-11(8-17)9-23(10-17)16-18-5-4-14(20-16)19-15-6-13(21-22-15)12-2-3-12/h4-6,11-12H,2-3,7-10H2,1H3,(H2,18,19,20,21,22). The van der Waals surface area contributed by atoms with Gasteiger partial charge in [-0.15, -0.1) is 0 Å². The van der Waals surface area contributed by atoms with Gasteiger partial charge in [-0.25, -0.2) is 4.98 Å². The van der Waals surface area contributed by atoms with E-state index < -0.39 is 0 Å². The molecule has 24 heavy (non-hydrogen) atoms. The van der Waals surface area contributed by atoms with Gasteiger partial charge in [0.2, 0.25) is 5.95 Å². The molecule has 2 aromatic heterocycles. The number of aromatic nitrogens is 4. The molecule has 0 unspecified atom stereocenters. The van der Waals surface area contributed by atoms with Crippen LogP contribution in [0.2, 0.25) is 0 Å². The van der Waals surface area contributed by atoms with Crippen LogP contribution in [0.25, 0.3) is 0 Å². The van der Waals surface area contributed by atoms with Gasteiger partial charge in [0.05, 0.1) is 5.60 Å². The molecule has 7 heteroatoms. The number of nitrogens with zero attached hydrogens (tertiary/aromatic N) is 4. The number of methoxy groups -OCH3 is 1. The highest BCUT2D eigenvalue weighted by Crippen LogP contribution is 2.46. The zero-order valence-electron chi connectivity index (χ0n) is 13.8. The van der Waals surface area contributed by atoms with Gasteiger partial charge in [-0.1, -0.05) is 0 Å². The highest BCUT2D eigenvalue weighted by atomic mass is 16.5. The number of H-pyrrole nitrogens is 1. The normalized spacial score (nSPS) is 28.5. The Bertz CT molecular complexity index is 749. The summed E-state index contributed by atoms with van der Waals surface area (Å²) in [6.45, 7) is 1.89. The summed E-state index contributed by atoms with van der Waals surface area (Å²) in [6.07, 6.45) is 6.65. The summed E-state index contributed by atoms with van der Waals surface area (Å²) in [5, 5.41) is 10.7. The fourth-order valence-corrected chi connectivity index (χ4v) is 4.06. The monoisotopic (exact) mass is 326 g/mol. The third-order valence-electron chi connectivity index (χ3n) is 5.51. The largest absolute Gasteiger partial charge is 0.376 e. The molecule has 6 rings (SSSR count). The Kier molecular flexibility index (Phi) is 3.06. The van der Waals surface area contributed by atoms with Crippen molar-refractivity contribution < 1.29 is 4.74 Å². The van der Waals surface area contributed by atoms with Crippen LogP contribution in [0, 0.1) is 5.92 Å². The first-order valence-corrected chi connectivity index (χ1v) is 8.68. The molecule has 2 saturated carbocycles. The van der Waals surface area contributed by atoms with Crippen molar-refractivity contribution in [1.29, 1.82) is 0 Å². The summed E-state index contributed by atoms with van der Waals surface area (Å²) in [4.78, 5) is 11.4. The topological polar surface area (TPSA) is 79.0 Å². The molecule has 2 bridgehead atoms. The van der Waals surface area contributed by atoms with Crippen LogP contribution >= 0.6 is 0 Å². The van der Waals surface area contributed by atoms with Crippen molar-refractivity contribution in [2.45, 2.75) is 37.2 Å². The van der Waals surface area contributed by atoms with Crippen LogP contribution < -0.4 is 10.2 Å². The van der Waals surface area contributed by atoms with E-state index >= 15 is 0 Å². The third-order valence-corrected chi connectivity index (χ3v) is 5.51. The number of rotatable bonds is 5. The molecular formula is C17H22N6O. The SMILES string of the molecule is COC12CC(CN(c3nccc(Nc4cc(C5CC5)[nH]n4)n3)C1)C2. The molecule has 4 heterocycles. The molecule has 126 valence electrons. The minimum Gasteiger partial charge on any atom is -0.376 e. The van der Waals surface area contributed by atoms with Gasteiger partial charge in [-0.05, 0) is 37.7 Å². The summed E-state index contributed by atoms with van der Waals surface area (Å²) in [5.74, 6) is 3.73. The summed E-state index contributed by atoms with van der Waals surface area (Å²) in [7, 11) is 1.81. The van der Waals surface area contributed by atoms with Gasteiger partial charge < -0.3 is 15.0 Å². The fraction of sp³-hybridized carbons (Fsp3) is 0.588. The first kappa shape index (κ1) is 14.2. The summed E-state index contributed by atoms with van der Waals surface area (Å²) >= 11 is 0. The van der Waals surface area contributed by atoms with Crippen molar-refractivity contribution in [2.75, 3.05) is 30.4 Å². The molecule has 2 aromatic rings. The predicted octanol–water partition coefficient (Wildman–Crippen LogP) is 2.44. The summed E-state index contributed by atoms with van der Waals surface area (Å²) in [5.41, 5.74) is 1.22. The molecule has 4 aliphatic rings. The molecule has 2 saturated heterocycles. The van der Waals surface area contributed by atoms with Gasteiger partial charge in [-0.2, -0.15) is 10.1 Å². The molecule has 0 atom stereocenters. The van der Waals surface area contributed by atoms with E-state index in [0.717, 1.165) is 43.5 Å². The van der Waals surface area contributed by atoms with Crippen LogP contribution in [0.4, 0.5) is 17.6 Å². The Morgan fingerprint density at radius 3 is 3.00 bits per heavy atom. The second-order valence-corrected chi connectivity index (χ2v) is 7.39. The van der Waals surface area contributed by atoms with Crippen molar-refractivity contribution in [3.05, 3.63) is 24.0 Å². The number of nitrogens with one attached hydrogen (secondary N) is 2. The molecule has 4 fully saturated rings. The predicted molar refractivity (Wildman–Crippen MR) is 90.6 cm³/mol. The van der Waals surface area contributed by atoms with Crippen LogP contribution in [0.5, 0.6) is 0 Å². The van der Waals surface area contributed by atoms with Crippen LogP contribution in [-0.4, -0.2) is 46.0 Å². The molecule has 2 aliphatic carbocycles. The van der Waals surface area contributed by atoms with Crippen molar-refractivity contribution >= 4 is 17.6 Å². The zero-order chi connectivity index (χ0) is 16.1. The van der Waals surface area contributed by atoms with E-state index in [2.05, 4.69) is 36.4 Å². The van der Waals surface area contributed by atoms with E-state index in [1.807, 2.05) is 13.2 Å². The number of ether oxygens (including phenoxy) is 1. The molecule has 0 aromatic carbocycles. The van der Waals surface area contributed by atoms with Crippen LogP contribution in [-0.2, 0) is 4.74 Å². The second-order valence-electron chi connectivity index (χ2n) is 7.39. The van der Waals surface area contributed by atoms with Gasteiger partial charge in [-0.3, -0.25) is 5.10 Å². The number of aromatic amines is 1. The number of hydrogen-bond acceptors (Lipinski definition) is 6. The number of fused-ring (bicyclic) bond motifs is 2. The third kappa shape index (κ3) is 2.43. The lowest BCUT2D eigenvalue weighted by Crippen LogP contribution is -2.62. The Labute approximate surface area is 140 Å². The maximum atomic E-state index is 5.73. The molecule has 0 amide bonds. The van der Waals surface area contributed by atoms with Crippen molar-refractivity contribution in [3.63, 3.8) is 0 Å². The number of hydrogen-bond donors (Lipinski definition) is 2. The highest BCUT2D eigenvalue weighted by Gasteiger charge is 2.51. The number of piperidine rings is 2. The van der Waals surface area contributed by atoms with E-state index in [1.165, 1.54) is 18.5 Å². The van der Waals surface area contributed by atoms with Gasteiger partial charge in [0.1, 0.15) is 5.82 Å². The van der Waals surface area contributed by atoms with Crippen molar-refractivity contribution in [1.82, 2.24) is 20.2 Å². The van der Waals surface area contributed by atoms with Crippen LogP contribution in [0.3, 0.4) is 0 Å². The lowest BCUT2D eigenvalue weighted by Gasteiger charge is -2.55. The van der Waals surface area contributed by atoms with Gasteiger partial charge in [0.25, 0.3) is 0 Å². The maximum absolute atomic E-state index is 5.73. The quantitative estimate of drug-likeness (QED) is 0.878. The smallest absolute Gasteiger partial charge is 0.227 e. The van der Waals surface area contributed by atoms with Gasteiger partial charge in [0.15, 0.2) is 5.82 Å². The highest BCUT2D eigenvalue weighted by molar-refractivity contribution is 5.54. The molecular weight excluding hydrogens is 304 g/mol. The van der Waals surface area contributed by atoms with Crippen molar-refractivity contribution in [2.24, 2.45) is 5.92 Å². The first-order valence-electron chi connectivity index (χ1n) is 8.68. The van der Waals surface area contributed by atoms with Crippen LogP contribution in [0.15, 0.2) is 18.3 Å². The zero-order valence-corrected chi connectivity index (χ0v) is 13.8. The lowest BCUT2D eigenvalue weighted by atomic mass is 9.67. The van der Waals surface area contributed by atoms with E-state index in [1.54, 1.807) is 6.20 Å². The van der Waals surface area contributed by atoms with Crippen LogP contribution in [0.1, 0.15) is 37.3 Å². The van der Waals surface area contributed by atoms with Gasteiger partial charge >= 0.3 is 0 Å². The van der Waals surface area contributed by atoms with Crippen molar-refractivity contribution in [3.8, 4) is 0 Å². The Morgan fingerprint density at radius 2 is 2.21 bits per heavy atom. The molecule has 2 N–H and O–H groups in total. The fourth-order valence-electron chi connectivity index (χ4n) is 4.06. The summed E-state index contributed by atoms with van der Waals surface area (Å²) in [6, 6.07) is 3.96. The molecule has 0 radical (unpaired) electrons. The Balaban J connectivity index is 1.32. The minimum absolute atomic E-state index is 0.0110. The average Bonchev–Trinajstić information content (AvgIpc) is 3.34. The maximum Gasteiger partial charge on any atom is 0.227 e. The number of anilines is 3. The van der Waals surface area contributed by atoms with E-state index in [9.17, 15) is 0 Å². The minimum atomic E-state index is 0.0110. The molecule has 0 spiro atoms. The van der Waals surface area contributed by atoms with E-state index in [-0.39, 0.29) is 5.60 Å². The lowest BCUT2D eigenvalue weighted by molar-refractivity contribution is -0.114. The average molecular weight is 326 g/mol. The second kappa shape index (κ2) is 5.17. The van der Waals surface area contributed by atoms with E-state index in [4.69, 9.17) is 4.74 Å². The van der Waals surface area contributed by atoms with E-state index in [0.29, 0.717) is 11.8 Å².